The number of nitrogens with one attached hydrogen (secondary N) is 1. The summed E-state index contributed by atoms with van der Waals surface area (Å²) in [4.78, 5) is 13.6. The monoisotopic (exact) mass is 330 g/mol. The van der Waals surface area contributed by atoms with Gasteiger partial charge in [-0.1, -0.05) is 30.3 Å². The Bertz CT molecular complexity index is 508. The number of nitrogens with zero attached hydrogens (tertiary/aromatic N) is 1. The van der Waals surface area contributed by atoms with Crippen LogP contribution >= 0.6 is 0 Å². The predicted octanol–water partition coefficient (Wildman–Crippen LogP) is 2.11. The second-order valence-electron chi connectivity index (χ2n) is 5.84. The molecule has 1 aromatic carbocycles. The topological polar surface area (TPSA) is 52.6 Å². The fourth-order valence-corrected chi connectivity index (χ4v) is 2.88. The van der Waals surface area contributed by atoms with Gasteiger partial charge in [-0.15, -0.1) is 0 Å². The Labute approximate surface area is 133 Å². The molecule has 128 valence electrons. The van der Waals surface area contributed by atoms with E-state index in [1.54, 1.807) is 24.3 Å². The van der Waals surface area contributed by atoms with Crippen molar-refractivity contribution in [2.45, 2.75) is 25.1 Å². The number of carbonyl (C=O) groups is 1. The van der Waals surface area contributed by atoms with Gasteiger partial charge >= 0.3 is 6.18 Å². The van der Waals surface area contributed by atoms with Gasteiger partial charge in [0.15, 0.2) is 0 Å². The first-order valence-electron chi connectivity index (χ1n) is 7.64. The lowest BCUT2D eigenvalue weighted by atomic mass is 9.96. The molecule has 1 heterocycles. The number of amides is 1. The number of hydrogen-bond acceptors (Lipinski definition) is 3. The van der Waals surface area contributed by atoms with Crippen LogP contribution in [-0.2, 0) is 4.79 Å². The van der Waals surface area contributed by atoms with Gasteiger partial charge in [0.05, 0.1) is 25.1 Å². The van der Waals surface area contributed by atoms with Gasteiger partial charge in [0, 0.05) is 6.54 Å². The minimum Gasteiger partial charge on any atom is -0.394 e. The van der Waals surface area contributed by atoms with Crippen LogP contribution < -0.4 is 5.32 Å². The zero-order chi connectivity index (χ0) is 16.9. The maximum Gasteiger partial charge on any atom is 0.401 e. The van der Waals surface area contributed by atoms with Crippen molar-refractivity contribution in [2.24, 2.45) is 5.92 Å². The van der Waals surface area contributed by atoms with Crippen LogP contribution in [0.5, 0.6) is 0 Å². The molecule has 1 aliphatic rings. The van der Waals surface area contributed by atoms with Crippen LogP contribution in [0.25, 0.3) is 0 Å². The number of carbonyl (C=O) groups excluding carboxylic acids is 1. The van der Waals surface area contributed by atoms with E-state index in [-0.39, 0.29) is 19.1 Å². The molecule has 2 atom stereocenters. The average Bonchev–Trinajstić information content (AvgIpc) is 2.52. The largest absolute Gasteiger partial charge is 0.401 e. The Morgan fingerprint density at radius 3 is 2.65 bits per heavy atom. The van der Waals surface area contributed by atoms with Crippen LogP contribution in [0.2, 0.25) is 0 Å². The van der Waals surface area contributed by atoms with E-state index in [4.69, 9.17) is 0 Å². The second kappa shape index (κ2) is 7.79. The predicted molar refractivity (Wildman–Crippen MR) is 79.6 cm³/mol. The van der Waals surface area contributed by atoms with Crippen molar-refractivity contribution in [3.05, 3.63) is 35.9 Å². The summed E-state index contributed by atoms with van der Waals surface area (Å²) >= 11 is 0. The Kier molecular flexibility index (Phi) is 6.01. The van der Waals surface area contributed by atoms with E-state index >= 15 is 0 Å². The molecule has 2 unspecified atom stereocenters. The smallest absolute Gasteiger partial charge is 0.394 e. The number of aliphatic hydroxyl groups is 1. The summed E-state index contributed by atoms with van der Waals surface area (Å²) in [7, 11) is 0. The molecule has 0 aliphatic carbocycles. The highest BCUT2D eigenvalue weighted by Gasteiger charge is 2.35. The molecule has 0 saturated carbocycles. The molecular weight excluding hydrogens is 309 g/mol. The normalized spacial score (nSPS) is 21.0. The number of hydrogen-bond donors (Lipinski definition) is 2. The van der Waals surface area contributed by atoms with Crippen LogP contribution in [0.15, 0.2) is 30.3 Å². The van der Waals surface area contributed by atoms with E-state index in [1.165, 1.54) is 4.90 Å². The highest BCUT2D eigenvalue weighted by molar-refractivity contribution is 5.79. The van der Waals surface area contributed by atoms with Crippen molar-refractivity contribution in [3.8, 4) is 0 Å². The Balaban J connectivity index is 1.94. The molecule has 7 heteroatoms. The highest BCUT2D eigenvalue weighted by atomic mass is 19.4. The number of benzene rings is 1. The zero-order valence-electron chi connectivity index (χ0n) is 12.7. The maximum absolute atomic E-state index is 12.5. The summed E-state index contributed by atoms with van der Waals surface area (Å²) in [5.41, 5.74) is 0.770. The zero-order valence-corrected chi connectivity index (χ0v) is 12.7. The molecule has 1 fully saturated rings. The van der Waals surface area contributed by atoms with Crippen molar-refractivity contribution in [1.29, 1.82) is 0 Å². The number of aliphatic hydroxyl groups excluding tert-OH is 1. The van der Waals surface area contributed by atoms with Crippen molar-refractivity contribution >= 4 is 5.91 Å². The lowest BCUT2D eigenvalue weighted by Crippen LogP contribution is -2.47. The third-order valence-electron chi connectivity index (χ3n) is 3.98. The minimum absolute atomic E-state index is 0.0955. The van der Waals surface area contributed by atoms with Crippen molar-refractivity contribution in [2.75, 3.05) is 26.2 Å². The quantitative estimate of drug-likeness (QED) is 0.869. The molecule has 4 nitrogen and oxygen atoms in total. The van der Waals surface area contributed by atoms with Crippen LogP contribution in [-0.4, -0.2) is 48.3 Å². The summed E-state index contributed by atoms with van der Waals surface area (Å²) in [6.45, 7) is -0.794. The van der Waals surface area contributed by atoms with Gasteiger partial charge in [-0.05, 0) is 24.9 Å². The first-order valence-corrected chi connectivity index (χ1v) is 7.64. The number of piperidine rings is 1. The van der Waals surface area contributed by atoms with Crippen LogP contribution in [0.3, 0.4) is 0 Å². The van der Waals surface area contributed by atoms with Gasteiger partial charge < -0.3 is 10.4 Å². The van der Waals surface area contributed by atoms with Crippen LogP contribution in [0.1, 0.15) is 24.4 Å². The maximum atomic E-state index is 12.5. The highest BCUT2D eigenvalue weighted by Crippen LogP contribution is 2.23. The Morgan fingerprint density at radius 1 is 1.35 bits per heavy atom. The number of rotatable bonds is 5. The molecular formula is C16H21F3N2O2. The van der Waals surface area contributed by atoms with E-state index in [9.17, 15) is 23.1 Å². The second-order valence-corrected chi connectivity index (χ2v) is 5.84. The standard InChI is InChI=1S/C16H21F3N2O2/c17-16(18,19)11-21-8-4-7-13(9-21)15(23)20-14(10-22)12-5-2-1-3-6-12/h1-3,5-6,13-14,22H,4,7-11H2,(H,20,23). The lowest BCUT2D eigenvalue weighted by Gasteiger charge is -2.33. The fourth-order valence-electron chi connectivity index (χ4n) is 2.88. The molecule has 1 aromatic rings. The first-order chi connectivity index (χ1) is 10.9. The molecule has 1 saturated heterocycles. The van der Waals surface area contributed by atoms with E-state index in [0.29, 0.717) is 19.4 Å². The molecule has 0 spiro atoms. The van der Waals surface area contributed by atoms with Gasteiger partial charge in [-0.3, -0.25) is 9.69 Å². The average molecular weight is 330 g/mol. The van der Waals surface area contributed by atoms with Gasteiger partial charge in [0.25, 0.3) is 0 Å². The van der Waals surface area contributed by atoms with E-state index < -0.39 is 24.7 Å². The molecule has 23 heavy (non-hydrogen) atoms. The summed E-state index contributed by atoms with van der Waals surface area (Å²) in [6.07, 6.45) is -3.13. The lowest BCUT2D eigenvalue weighted by molar-refractivity contribution is -0.152. The summed E-state index contributed by atoms with van der Waals surface area (Å²) in [5.74, 6) is -0.788. The molecule has 2 N–H and O–H groups in total. The number of likely N-dealkylation sites (tertiary alicyclic amines) is 1. The van der Waals surface area contributed by atoms with Crippen molar-refractivity contribution in [3.63, 3.8) is 0 Å². The van der Waals surface area contributed by atoms with Crippen molar-refractivity contribution < 1.29 is 23.1 Å². The number of alkyl halides is 3. The molecule has 2 rings (SSSR count). The van der Waals surface area contributed by atoms with E-state index in [0.717, 1.165) is 5.56 Å². The third kappa shape index (κ3) is 5.51. The van der Waals surface area contributed by atoms with Gasteiger partial charge in [-0.25, -0.2) is 0 Å². The third-order valence-corrected chi connectivity index (χ3v) is 3.98. The molecule has 1 amide bonds. The molecule has 0 radical (unpaired) electrons. The van der Waals surface area contributed by atoms with E-state index in [2.05, 4.69) is 5.32 Å². The van der Waals surface area contributed by atoms with Gasteiger partial charge in [0.2, 0.25) is 5.91 Å². The Hall–Kier alpha value is -1.60. The first kappa shape index (κ1) is 17.7. The number of halogens is 3. The SMILES string of the molecule is O=C(NC(CO)c1ccccc1)C1CCCN(CC(F)(F)F)C1. The van der Waals surface area contributed by atoms with E-state index in [1.807, 2.05) is 6.07 Å². The summed E-state index contributed by atoms with van der Waals surface area (Å²) in [6, 6.07) is 8.47. The summed E-state index contributed by atoms with van der Waals surface area (Å²) in [5, 5.41) is 12.2. The van der Waals surface area contributed by atoms with Crippen LogP contribution in [0, 0.1) is 5.92 Å². The van der Waals surface area contributed by atoms with Gasteiger partial charge in [0.1, 0.15) is 0 Å². The fraction of sp³-hybridized carbons (Fsp3) is 0.562. The van der Waals surface area contributed by atoms with Crippen LogP contribution in [0.4, 0.5) is 13.2 Å². The van der Waals surface area contributed by atoms with Crippen molar-refractivity contribution in [1.82, 2.24) is 10.2 Å². The molecule has 0 bridgehead atoms. The molecule has 1 aliphatic heterocycles. The Morgan fingerprint density at radius 2 is 2.04 bits per heavy atom. The molecule has 0 aromatic heterocycles. The minimum atomic E-state index is -4.25. The van der Waals surface area contributed by atoms with Gasteiger partial charge in [-0.2, -0.15) is 13.2 Å². The summed E-state index contributed by atoms with van der Waals surface area (Å²) < 4.78 is 37.4.